The van der Waals surface area contributed by atoms with Crippen LogP contribution in [0.3, 0.4) is 0 Å². The van der Waals surface area contributed by atoms with E-state index in [1.54, 1.807) is 28.3 Å². The number of hydrogen-bond acceptors (Lipinski definition) is 5. The topological polar surface area (TPSA) is 59.8 Å². The minimum atomic E-state index is -0.193. The number of benzene rings is 2. The molecule has 5 nitrogen and oxygen atoms in total. The van der Waals surface area contributed by atoms with Gasteiger partial charge in [-0.1, -0.05) is 41.9 Å². The van der Waals surface area contributed by atoms with Crippen LogP contribution in [0.2, 0.25) is 5.02 Å². The lowest BCUT2D eigenvalue weighted by Gasteiger charge is -2.21. The molecule has 0 fully saturated rings. The highest BCUT2D eigenvalue weighted by Gasteiger charge is 2.19. The molecule has 0 saturated carbocycles. The van der Waals surface area contributed by atoms with Gasteiger partial charge in [0.05, 0.1) is 26.7 Å². The normalized spacial score (nSPS) is 12.3. The Morgan fingerprint density at radius 3 is 2.73 bits per heavy atom. The van der Waals surface area contributed by atoms with Gasteiger partial charge in [-0.25, -0.2) is 9.97 Å². The van der Waals surface area contributed by atoms with E-state index in [1.165, 1.54) is 0 Å². The Morgan fingerprint density at radius 1 is 1.07 bits per heavy atom. The van der Waals surface area contributed by atoms with Crippen LogP contribution in [0.1, 0.15) is 18.7 Å². The van der Waals surface area contributed by atoms with Gasteiger partial charge in [-0.15, -0.1) is 11.3 Å². The van der Waals surface area contributed by atoms with Crippen molar-refractivity contribution in [2.24, 2.45) is 0 Å². The maximum atomic E-state index is 13.5. The summed E-state index contributed by atoms with van der Waals surface area (Å²) >= 11 is 7.98. The highest BCUT2D eigenvalue weighted by molar-refractivity contribution is 7.17. The first-order valence-electron chi connectivity index (χ1n) is 9.48. The van der Waals surface area contributed by atoms with Gasteiger partial charge in [-0.2, -0.15) is 0 Å². The quantitative estimate of drug-likeness (QED) is 0.388. The summed E-state index contributed by atoms with van der Waals surface area (Å²) in [6.07, 6.45) is 1.55. The number of aromatic nitrogens is 3. The van der Waals surface area contributed by atoms with Gasteiger partial charge in [0, 0.05) is 11.4 Å². The van der Waals surface area contributed by atoms with Crippen molar-refractivity contribution in [1.29, 1.82) is 0 Å². The number of rotatable bonds is 4. The SMILES string of the molecule is C[C@H](Nc1ncnc2ccsc12)c1cc2cccc(Cl)c2c(=O)n1-c1ccccc1. The monoisotopic (exact) mass is 432 g/mol. The Balaban J connectivity index is 1.71. The fraction of sp³-hybridized carbons (Fsp3) is 0.0870. The molecule has 0 aliphatic heterocycles. The second-order valence-corrected chi connectivity index (χ2v) is 8.30. The maximum absolute atomic E-state index is 13.5. The second-order valence-electron chi connectivity index (χ2n) is 6.97. The van der Waals surface area contributed by atoms with Crippen LogP contribution in [0, 0.1) is 0 Å². The van der Waals surface area contributed by atoms with Crippen molar-refractivity contribution in [2.45, 2.75) is 13.0 Å². The summed E-state index contributed by atoms with van der Waals surface area (Å²) < 4.78 is 2.71. The van der Waals surface area contributed by atoms with Crippen molar-refractivity contribution in [2.75, 3.05) is 5.32 Å². The molecule has 0 spiro atoms. The van der Waals surface area contributed by atoms with Gasteiger partial charge in [0.2, 0.25) is 0 Å². The molecule has 3 aromatic heterocycles. The molecule has 0 amide bonds. The van der Waals surface area contributed by atoms with E-state index < -0.39 is 0 Å². The lowest BCUT2D eigenvalue weighted by molar-refractivity contribution is 0.774. The number of nitrogens with zero attached hydrogens (tertiary/aromatic N) is 3. The molecule has 0 saturated heterocycles. The Hall–Kier alpha value is -3.22. The van der Waals surface area contributed by atoms with Crippen molar-refractivity contribution in [3.63, 3.8) is 0 Å². The molecule has 0 radical (unpaired) electrons. The summed E-state index contributed by atoms with van der Waals surface area (Å²) in [4.78, 5) is 22.3. The Kier molecular flexibility index (Phi) is 4.73. The van der Waals surface area contributed by atoms with Crippen LogP contribution in [0.25, 0.3) is 26.7 Å². The maximum Gasteiger partial charge on any atom is 0.264 e. The number of para-hydroxylation sites is 1. The fourth-order valence-electron chi connectivity index (χ4n) is 3.67. The van der Waals surface area contributed by atoms with Gasteiger partial charge in [-0.05, 0) is 48.0 Å². The molecule has 1 atom stereocenters. The van der Waals surface area contributed by atoms with Crippen LogP contribution < -0.4 is 10.9 Å². The minimum Gasteiger partial charge on any atom is -0.361 e. The van der Waals surface area contributed by atoms with Crippen LogP contribution in [-0.2, 0) is 0 Å². The lowest BCUT2D eigenvalue weighted by Crippen LogP contribution is -2.25. The van der Waals surface area contributed by atoms with E-state index in [9.17, 15) is 4.79 Å². The van der Waals surface area contributed by atoms with Gasteiger partial charge < -0.3 is 5.32 Å². The zero-order valence-electron chi connectivity index (χ0n) is 16.0. The van der Waals surface area contributed by atoms with Crippen molar-refractivity contribution < 1.29 is 0 Å². The van der Waals surface area contributed by atoms with Gasteiger partial charge >= 0.3 is 0 Å². The first-order valence-corrected chi connectivity index (χ1v) is 10.7. The smallest absolute Gasteiger partial charge is 0.264 e. The van der Waals surface area contributed by atoms with E-state index in [2.05, 4.69) is 15.3 Å². The molecule has 1 N–H and O–H groups in total. The fourth-order valence-corrected chi connectivity index (χ4v) is 4.73. The van der Waals surface area contributed by atoms with E-state index in [4.69, 9.17) is 11.6 Å². The average Bonchev–Trinajstić information content (AvgIpc) is 3.24. The predicted octanol–water partition coefficient (Wildman–Crippen LogP) is 5.82. The standard InChI is InChI=1S/C23H17ClN4OS/c1-14(27-22-21-18(10-11-30-21)25-13-26-22)19-12-15-6-5-9-17(24)20(15)23(29)28(19)16-7-3-2-4-8-16/h2-14H,1H3,(H,25,26,27)/t14-/m0/s1. The van der Waals surface area contributed by atoms with E-state index in [0.29, 0.717) is 10.4 Å². The van der Waals surface area contributed by atoms with Gasteiger partial charge in [0.25, 0.3) is 5.56 Å². The third-order valence-electron chi connectivity index (χ3n) is 5.08. The molecule has 7 heteroatoms. The zero-order valence-corrected chi connectivity index (χ0v) is 17.6. The molecule has 0 bridgehead atoms. The highest BCUT2D eigenvalue weighted by Crippen LogP contribution is 2.30. The molecule has 5 rings (SSSR count). The summed E-state index contributed by atoms with van der Waals surface area (Å²) in [7, 11) is 0. The Morgan fingerprint density at radius 2 is 1.90 bits per heavy atom. The average molecular weight is 433 g/mol. The number of nitrogens with one attached hydrogen (secondary N) is 1. The molecule has 0 aliphatic carbocycles. The summed E-state index contributed by atoms with van der Waals surface area (Å²) in [6.45, 7) is 2.02. The second kappa shape index (κ2) is 7.55. The third-order valence-corrected chi connectivity index (χ3v) is 6.30. The van der Waals surface area contributed by atoms with Gasteiger partial charge in [0.15, 0.2) is 0 Å². The Bertz CT molecular complexity index is 1430. The first kappa shape index (κ1) is 18.8. The van der Waals surface area contributed by atoms with Crippen molar-refractivity contribution in [3.05, 3.63) is 93.4 Å². The number of fused-ring (bicyclic) bond motifs is 2. The van der Waals surface area contributed by atoms with Gasteiger partial charge in [0.1, 0.15) is 12.1 Å². The molecule has 30 heavy (non-hydrogen) atoms. The molecule has 3 heterocycles. The van der Waals surface area contributed by atoms with Crippen molar-refractivity contribution >= 4 is 49.7 Å². The van der Waals surface area contributed by atoms with Gasteiger partial charge in [-0.3, -0.25) is 9.36 Å². The minimum absolute atomic E-state index is 0.142. The summed E-state index contributed by atoms with van der Waals surface area (Å²) in [5.41, 5.74) is 2.37. The number of halogens is 1. The van der Waals surface area contributed by atoms with Crippen LogP contribution in [0.5, 0.6) is 0 Å². The van der Waals surface area contributed by atoms with E-state index in [-0.39, 0.29) is 11.6 Å². The first-order chi connectivity index (χ1) is 14.6. The number of thiophene rings is 1. The largest absolute Gasteiger partial charge is 0.361 e. The third kappa shape index (κ3) is 3.14. The molecule has 5 aromatic rings. The predicted molar refractivity (Wildman–Crippen MR) is 124 cm³/mol. The molecule has 148 valence electrons. The Labute approximate surface area is 181 Å². The molecule has 0 unspecified atom stereocenters. The van der Waals surface area contributed by atoms with Crippen LogP contribution in [0.4, 0.5) is 5.82 Å². The molecule has 0 aliphatic rings. The van der Waals surface area contributed by atoms with Crippen LogP contribution >= 0.6 is 22.9 Å². The van der Waals surface area contributed by atoms with Crippen molar-refractivity contribution in [3.8, 4) is 5.69 Å². The molecule has 2 aromatic carbocycles. The molecular formula is C23H17ClN4OS. The number of hydrogen-bond donors (Lipinski definition) is 1. The summed E-state index contributed by atoms with van der Waals surface area (Å²) in [6, 6.07) is 18.9. The lowest BCUT2D eigenvalue weighted by atomic mass is 10.1. The summed E-state index contributed by atoms with van der Waals surface area (Å²) in [5, 5.41) is 7.24. The zero-order chi connectivity index (χ0) is 20.7. The summed E-state index contributed by atoms with van der Waals surface area (Å²) in [5.74, 6) is 0.751. The number of anilines is 1. The van der Waals surface area contributed by atoms with Crippen LogP contribution in [-0.4, -0.2) is 14.5 Å². The van der Waals surface area contributed by atoms with Crippen LogP contribution in [0.15, 0.2) is 77.2 Å². The number of pyridine rings is 1. The molecular weight excluding hydrogens is 416 g/mol. The van der Waals surface area contributed by atoms with E-state index >= 15 is 0 Å². The highest BCUT2D eigenvalue weighted by atomic mass is 35.5. The van der Waals surface area contributed by atoms with Crippen molar-refractivity contribution in [1.82, 2.24) is 14.5 Å². The van der Waals surface area contributed by atoms with E-state index in [1.807, 2.05) is 66.9 Å². The van der Waals surface area contributed by atoms with E-state index in [0.717, 1.165) is 32.8 Å².